The van der Waals surface area contributed by atoms with E-state index in [4.69, 9.17) is 10.1 Å². The Balaban J connectivity index is 1.38. The van der Waals surface area contributed by atoms with Crippen molar-refractivity contribution in [3.05, 3.63) is 84.3 Å². The minimum Gasteiger partial charge on any atom is -0.338 e. The molecule has 5 rings (SSSR count). The van der Waals surface area contributed by atoms with Crippen molar-refractivity contribution in [2.75, 3.05) is 13.1 Å². The molecule has 0 unspecified atom stereocenters. The first-order valence-electron chi connectivity index (χ1n) is 9.99. The molecule has 7 heteroatoms. The van der Waals surface area contributed by atoms with E-state index in [0.717, 1.165) is 35.4 Å². The maximum atomic E-state index is 13.2. The van der Waals surface area contributed by atoms with Crippen molar-refractivity contribution in [1.82, 2.24) is 24.5 Å². The van der Waals surface area contributed by atoms with Crippen LogP contribution in [-0.2, 0) is 0 Å². The topological polar surface area (TPSA) is 63.4 Å². The van der Waals surface area contributed by atoms with E-state index < -0.39 is 0 Å². The van der Waals surface area contributed by atoms with Crippen molar-refractivity contribution < 1.29 is 9.18 Å². The number of carbonyl (C=O) groups is 1. The minimum atomic E-state index is -0.344. The van der Waals surface area contributed by atoms with Crippen LogP contribution in [0.15, 0.2) is 67.1 Å². The summed E-state index contributed by atoms with van der Waals surface area (Å²) in [4.78, 5) is 23.4. The lowest BCUT2D eigenvalue weighted by atomic mass is 9.96. The van der Waals surface area contributed by atoms with Crippen LogP contribution in [-0.4, -0.2) is 43.5 Å². The Labute approximate surface area is 173 Å². The van der Waals surface area contributed by atoms with Gasteiger partial charge in [0, 0.05) is 48.7 Å². The highest BCUT2D eigenvalue weighted by molar-refractivity contribution is 5.94. The van der Waals surface area contributed by atoms with Crippen LogP contribution in [0.3, 0.4) is 0 Å². The summed E-state index contributed by atoms with van der Waals surface area (Å²) in [6, 6.07) is 13.6. The molecule has 0 bridgehead atoms. The van der Waals surface area contributed by atoms with E-state index in [2.05, 4.69) is 4.98 Å². The monoisotopic (exact) mass is 401 g/mol. The number of amides is 1. The van der Waals surface area contributed by atoms with Crippen LogP contribution in [0, 0.1) is 5.82 Å². The van der Waals surface area contributed by atoms with Gasteiger partial charge in [-0.1, -0.05) is 0 Å². The number of hydrogen-bond donors (Lipinski definition) is 0. The average Bonchev–Trinajstić information content (AvgIpc) is 3.23. The van der Waals surface area contributed by atoms with Crippen molar-refractivity contribution in [1.29, 1.82) is 0 Å². The van der Waals surface area contributed by atoms with E-state index in [0.29, 0.717) is 18.7 Å². The van der Waals surface area contributed by atoms with Crippen LogP contribution in [0.5, 0.6) is 0 Å². The SMILES string of the molecule is O=C(c1ccc(F)cc1)N1CCC[C@@H](c2nc3ccc(-c4ccncc4)cn3n2)C1. The van der Waals surface area contributed by atoms with E-state index in [1.807, 2.05) is 35.4 Å². The van der Waals surface area contributed by atoms with Gasteiger partial charge in [0.15, 0.2) is 11.5 Å². The average molecular weight is 401 g/mol. The Bertz CT molecular complexity index is 1190. The molecule has 1 aliphatic heterocycles. The van der Waals surface area contributed by atoms with Gasteiger partial charge in [-0.15, -0.1) is 0 Å². The van der Waals surface area contributed by atoms with Crippen molar-refractivity contribution in [3.8, 4) is 11.1 Å². The second-order valence-corrected chi connectivity index (χ2v) is 7.52. The first kappa shape index (κ1) is 18.4. The summed E-state index contributed by atoms with van der Waals surface area (Å²) in [7, 11) is 0. The smallest absolute Gasteiger partial charge is 0.253 e. The molecule has 3 aromatic heterocycles. The van der Waals surface area contributed by atoms with Gasteiger partial charge in [-0.3, -0.25) is 9.78 Å². The second kappa shape index (κ2) is 7.67. The molecule has 0 spiro atoms. The van der Waals surface area contributed by atoms with Crippen LogP contribution in [0.25, 0.3) is 16.8 Å². The molecule has 6 nitrogen and oxygen atoms in total. The van der Waals surface area contributed by atoms with Crippen LogP contribution in [0.4, 0.5) is 4.39 Å². The quantitative estimate of drug-likeness (QED) is 0.521. The summed E-state index contributed by atoms with van der Waals surface area (Å²) in [6.45, 7) is 1.25. The summed E-state index contributed by atoms with van der Waals surface area (Å²) < 4.78 is 15.0. The lowest BCUT2D eigenvalue weighted by Gasteiger charge is -2.31. The molecule has 150 valence electrons. The molecule has 4 aromatic rings. The van der Waals surface area contributed by atoms with Gasteiger partial charge in [-0.25, -0.2) is 13.9 Å². The third kappa shape index (κ3) is 3.54. The highest BCUT2D eigenvalue weighted by Gasteiger charge is 2.28. The molecule has 30 heavy (non-hydrogen) atoms. The van der Waals surface area contributed by atoms with Crippen molar-refractivity contribution in [2.45, 2.75) is 18.8 Å². The number of rotatable bonds is 3. The maximum Gasteiger partial charge on any atom is 0.253 e. The molecule has 1 amide bonds. The van der Waals surface area contributed by atoms with Gasteiger partial charge in [-0.2, -0.15) is 5.10 Å². The molecule has 4 heterocycles. The first-order valence-corrected chi connectivity index (χ1v) is 9.99. The number of carbonyl (C=O) groups excluding carboxylic acids is 1. The molecule has 0 N–H and O–H groups in total. The number of nitrogens with zero attached hydrogens (tertiary/aromatic N) is 5. The fourth-order valence-electron chi connectivity index (χ4n) is 3.94. The largest absolute Gasteiger partial charge is 0.338 e. The predicted molar refractivity (Wildman–Crippen MR) is 110 cm³/mol. The number of likely N-dealkylation sites (tertiary alicyclic amines) is 1. The van der Waals surface area contributed by atoms with Gasteiger partial charge in [0.2, 0.25) is 0 Å². The molecule has 1 aromatic carbocycles. The van der Waals surface area contributed by atoms with Gasteiger partial charge in [0.1, 0.15) is 5.82 Å². The minimum absolute atomic E-state index is 0.0763. The Morgan fingerprint density at radius 2 is 1.80 bits per heavy atom. The van der Waals surface area contributed by atoms with Crippen LogP contribution < -0.4 is 0 Å². The molecular weight excluding hydrogens is 381 g/mol. The Hall–Kier alpha value is -3.61. The molecule has 0 saturated carbocycles. The fourth-order valence-corrected chi connectivity index (χ4v) is 3.94. The molecule has 0 aliphatic carbocycles. The normalized spacial score (nSPS) is 16.7. The number of fused-ring (bicyclic) bond motifs is 1. The third-order valence-corrected chi connectivity index (χ3v) is 5.53. The van der Waals surface area contributed by atoms with Crippen molar-refractivity contribution in [2.24, 2.45) is 0 Å². The molecule has 1 saturated heterocycles. The summed E-state index contributed by atoms with van der Waals surface area (Å²) in [5, 5.41) is 4.70. The number of benzene rings is 1. The molecular formula is C23H20FN5O. The second-order valence-electron chi connectivity index (χ2n) is 7.52. The molecule has 0 radical (unpaired) electrons. The van der Waals surface area contributed by atoms with Crippen LogP contribution in [0.2, 0.25) is 0 Å². The van der Waals surface area contributed by atoms with E-state index in [1.165, 1.54) is 24.3 Å². The molecule has 1 atom stereocenters. The highest BCUT2D eigenvalue weighted by Crippen LogP contribution is 2.27. The lowest BCUT2D eigenvalue weighted by Crippen LogP contribution is -2.39. The van der Waals surface area contributed by atoms with Gasteiger partial charge < -0.3 is 4.90 Å². The summed E-state index contributed by atoms with van der Waals surface area (Å²) >= 11 is 0. The number of pyridine rings is 2. The van der Waals surface area contributed by atoms with Crippen LogP contribution in [0.1, 0.15) is 34.9 Å². The van der Waals surface area contributed by atoms with E-state index in [1.54, 1.807) is 16.9 Å². The fraction of sp³-hybridized carbons (Fsp3) is 0.217. The highest BCUT2D eigenvalue weighted by atomic mass is 19.1. The van der Waals surface area contributed by atoms with Gasteiger partial charge in [0.25, 0.3) is 5.91 Å². The standard InChI is InChI=1S/C23H20FN5O/c24-20-6-3-17(4-7-20)23(30)28-13-1-2-19(14-28)22-26-21-8-5-18(15-29(21)27-22)16-9-11-25-12-10-16/h3-12,15,19H,1-2,13-14H2/t19-/m1/s1. The zero-order chi connectivity index (χ0) is 20.5. The summed E-state index contributed by atoms with van der Waals surface area (Å²) in [6.07, 6.45) is 7.31. The molecule has 1 aliphatic rings. The molecule has 1 fully saturated rings. The van der Waals surface area contributed by atoms with Gasteiger partial charge >= 0.3 is 0 Å². The third-order valence-electron chi connectivity index (χ3n) is 5.53. The zero-order valence-corrected chi connectivity index (χ0v) is 16.3. The van der Waals surface area contributed by atoms with Crippen LogP contribution >= 0.6 is 0 Å². The van der Waals surface area contributed by atoms with Gasteiger partial charge in [-0.05, 0) is 66.9 Å². The van der Waals surface area contributed by atoms with Gasteiger partial charge in [0.05, 0.1) is 0 Å². The number of halogens is 1. The Morgan fingerprint density at radius 1 is 1.00 bits per heavy atom. The number of hydrogen-bond acceptors (Lipinski definition) is 4. The lowest BCUT2D eigenvalue weighted by molar-refractivity contribution is 0.0704. The maximum absolute atomic E-state index is 13.2. The Morgan fingerprint density at radius 3 is 2.60 bits per heavy atom. The van der Waals surface area contributed by atoms with Crippen molar-refractivity contribution in [3.63, 3.8) is 0 Å². The zero-order valence-electron chi connectivity index (χ0n) is 16.3. The van der Waals surface area contributed by atoms with E-state index in [9.17, 15) is 9.18 Å². The van der Waals surface area contributed by atoms with E-state index in [-0.39, 0.29) is 17.6 Å². The van der Waals surface area contributed by atoms with Crippen molar-refractivity contribution >= 4 is 11.6 Å². The summed E-state index contributed by atoms with van der Waals surface area (Å²) in [5.74, 6) is 0.400. The first-order chi connectivity index (χ1) is 14.7. The number of piperidine rings is 1. The number of aromatic nitrogens is 4. The Kier molecular flexibility index (Phi) is 4.71. The van der Waals surface area contributed by atoms with E-state index >= 15 is 0 Å². The predicted octanol–water partition coefficient (Wildman–Crippen LogP) is 3.95. The summed E-state index contributed by atoms with van der Waals surface area (Å²) in [5.41, 5.74) is 3.39.